The van der Waals surface area contributed by atoms with Crippen molar-refractivity contribution in [3.05, 3.63) is 53.6 Å². The molecule has 136 valence electrons. The molecule has 1 saturated heterocycles. The Morgan fingerprint density at radius 2 is 2.19 bits per heavy atom. The van der Waals surface area contributed by atoms with Crippen molar-refractivity contribution in [2.45, 2.75) is 25.7 Å². The fraction of sp³-hybridized carbons (Fsp3) is 0.350. The number of benzene rings is 1. The summed E-state index contributed by atoms with van der Waals surface area (Å²) in [5.41, 5.74) is 1.01. The van der Waals surface area contributed by atoms with Crippen LogP contribution in [-0.2, 0) is 14.3 Å². The topological polar surface area (TPSA) is 59.5 Å². The zero-order valence-corrected chi connectivity index (χ0v) is 15.6. The Hall–Kier alpha value is -2.47. The van der Waals surface area contributed by atoms with Crippen LogP contribution in [0.25, 0.3) is 10.2 Å². The lowest BCUT2D eigenvalue weighted by molar-refractivity contribution is -0.148. The van der Waals surface area contributed by atoms with Crippen molar-refractivity contribution in [3.8, 4) is 0 Å². The molecule has 0 aliphatic carbocycles. The van der Waals surface area contributed by atoms with Crippen molar-refractivity contribution in [2.75, 3.05) is 19.7 Å². The number of hydrogen-bond donors (Lipinski definition) is 0. The third kappa shape index (κ3) is 4.58. The summed E-state index contributed by atoms with van der Waals surface area (Å²) in [6.45, 7) is 2.97. The Bertz CT molecular complexity index is 807. The van der Waals surface area contributed by atoms with Gasteiger partial charge in [0.1, 0.15) is 0 Å². The molecule has 3 rings (SSSR count). The van der Waals surface area contributed by atoms with Gasteiger partial charge in [0, 0.05) is 25.1 Å². The van der Waals surface area contributed by atoms with Gasteiger partial charge in [-0.2, -0.15) is 0 Å². The van der Waals surface area contributed by atoms with Crippen LogP contribution >= 0.6 is 11.3 Å². The second-order valence-corrected chi connectivity index (χ2v) is 7.25. The number of ether oxygens (including phenoxy) is 1. The monoisotopic (exact) mass is 370 g/mol. The number of piperidine rings is 1. The maximum atomic E-state index is 12.4. The number of rotatable bonds is 5. The number of carbonyl (C=O) groups is 2. The van der Waals surface area contributed by atoms with E-state index in [0.717, 1.165) is 23.4 Å². The Labute approximate surface area is 157 Å². The van der Waals surface area contributed by atoms with E-state index in [-0.39, 0.29) is 18.4 Å². The number of allylic oxidation sites excluding steroid dienone is 3. The molecule has 26 heavy (non-hydrogen) atoms. The van der Waals surface area contributed by atoms with Gasteiger partial charge in [-0.25, -0.2) is 9.78 Å². The van der Waals surface area contributed by atoms with Crippen LogP contribution in [0.5, 0.6) is 0 Å². The van der Waals surface area contributed by atoms with Gasteiger partial charge >= 0.3 is 5.97 Å². The summed E-state index contributed by atoms with van der Waals surface area (Å²) in [5.74, 6) is -0.407. The van der Waals surface area contributed by atoms with Gasteiger partial charge in [-0.3, -0.25) is 4.79 Å². The largest absolute Gasteiger partial charge is 0.452 e. The van der Waals surface area contributed by atoms with Gasteiger partial charge in [-0.1, -0.05) is 30.4 Å². The summed E-state index contributed by atoms with van der Waals surface area (Å²) < 4.78 is 6.20. The van der Waals surface area contributed by atoms with Gasteiger partial charge in [0.05, 0.1) is 15.2 Å². The third-order valence-electron chi connectivity index (χ3n) is 4.31. The van der Waals surface area contributed by atoms with E-state index in [4.69, 9.17) is 9.72 Å². The second kappa shape index (κ2) is 8.76. The van der Waals surface area contributed by atoms with Crippen molar-refractivity contribution in [1.29, 1.82) is 0 Å². The highest BCUT2D eigenvalue weighted by Gasteiger charge is 2.27. The van der Waals surface area contributed by atoms with E-state index in [1.54, 1.807) is 28.4 Å². The van der Waals surface area contributed by atoms with E-state index in [1.165, 1.54) is 10.8 Å². The summed E-state index contributed by atoms with van der Waals surface area (Å²) >= 11 is 1.70. The lowest BCUT2D eigenvalue weighted by Gasteiger charge is -2.31. The number of thiazole rings is 1. The lowest BCUT2D eigenvalue weighted by Crippen LogP contribution is -2.41. The molecule has 5 nitrogen and oxygen atoms in total. The Kier molecular flexibility index (Phi) is 6.17. The number of esters is 1. The highest BCUT2D eigenvalue weighted by atomic mass is 32.1. The van der Waals surface area contributed by atoms with Gasteiger partial charge in [0.25, 0.3) is 5.91 Å². The van der Waals surface area contributed by atoms with Gasteiger partial charge in [0.2, 0.25) is 0 Å². The fourth-order valence-corrected chi connectivity index (χ4v) is 4.08. The van der Waals surface area contributed by atoms with Gasteiger partial charge in [-0.05, 0) is 31.9 Å². The van der Waals surface area contributed by atoms with Crippen LogP contribution in [-0.4, -0.2) is 41.5 Å². The molecule has 2 aromatic rings. The zero-order valence-electron chi connectivity index (χ0n) is 14.8. The van der Waals surface area contributed by atoms with E-state index in [9.17, 15) is 9.59 Å². The molecule has 1 aliphatic rings. The van der Waals surface area contributed by atoms with E-state index in [1.807, 2.05) is 31.2 Å². The van der Waals surface area contributed by atoms with Gasteiger partial charge < -0.3 is 9.64 Å². The SMILES string of the molecule is C/C=C/C=C/C(=O)OCC(=O)N1CCC[C@H](c2nc3ccccc3s2)C1. The third-order valence-corrected chi connectivity index (χ3v) is 5.51. The molecule has 0 unspecified atom stereocenters. The molecule has 1 aromatic carbocycles. The predicted molar refractivity (Wildman–Crippen MR) is 103 cm³/mol. The molecule has 1 amide bonds. The van der Waals surface area contributed by atoms with Crippen LogP contribution in [0, 0.1) is 0 Å². The summed E-state index contributed by atoms with van der Waals surface area (Å²) in [4.78, 5) is 30.5. The summed E-state index contributed by atoms with van der Waals surface area (Å²) in [6, 6.07) is 8.09. The number of hydrogen-bond acceptors (Lipinski definition) is 5. The molecule has 0 bridgehead atoms. The first-order chi connectivity index (χ1) is 12.7. The smallest absolute Gasteiger partial charge is 0.331 e. The minimum atomic E-state index is -0.504. The molecular formula is C20H22N2O3S. The van der Waals surface area contributed by atoms with Crippen LogP contribution in [0.15, 0.2) is 48.6 Å². The molecule has 1 aromatic heterocycles. The second-order valence-electron chi connectivity index (χ2n) is 6.19. The highest BCUT2D eigenvalue weighted by Crippen LogP contribution is 2.32. The van der Waals surface area contributed by atoms with Crippen LogP contribution in [0.1, 0.15) is 30.7 Å². The normalized spacial score (nSPS) is 18.0. The van der Waals surface area contributed by atoms with E-state index in [0.29, 0.717) is 13.1 Å². The van der Waals surface area contributed by atoms with Crippen LogP contribution in [0.2, 0.25) is 0 Å². The first-order valence-corrected chi connectivity index (χ1v) is 9.58. The first kappa shape index (κ1) is 18.3. The fourth-order valence-electron chi connectivity index (χ4n) is 2.99. The number of carbonyl (C=O) groups excluding carboxylic acids is 2. The van der Waals surface area contributed by atoms with Gasteiger partial charge in [0.15, 0.2) is 6.61 Å². The van der Waals surface area contributed by atoms with Gasteiger partial charge in [-0.15, -0.1) is 11.3 Å². The van der Waals surface area contributed by atoms with Crippen molar-refractivity contribution in [1.82, 2.24) is 9.88 Å². The Morgan fingerprint density at radius 1 is 1.35 bits per heavy atom. The molecule has 1 fully saturated rings. The van der Waals surface area contributed by atoms with E-state index in [2.05, 4.69) is 6.07 Å². The summed E-state index contributed by atoms with van der Waals surface area (Å²) in [5, 5.41) is 1.08. The number of aromatic nitrogens is 1. The minimum Gasteiger partial charge on any atom is -0.452 e. The molecule has 1 aliphatic heterocycles. The maximum Gasteiger partial charge on any atom is 0.331 e. The number of fused-ring (bicyclic) bond motifs is 1. The standard InChI is InChI=1S/C20H22N2O3S/c1-2-3-4-11-19(24)25-14-18(23)22-12-7-8-15(13-22)20-21-16-9-5-6-10-17(16)26-20/h2-6,9-11,15H,7-8,12-14H2,1H3/b3-2+,11-4+/t15-/m0/s1. The zero-order chi connectivity index (χ0) is 18.4. The van der Waals surface area contributed by atoms with Crippen molar-refractivity contribution >= 4 is 33.4 Å². The molecule has 0 saturated carbocycles. The molecule has 1 atom stereocenters. The molecular weight excluding hydrogens is 348 g/mol. The molecule has 6 heteroatoms. The summed E-state index contributed by atoms with van der Waals surface area (Å²) in [7, 11) is 0. The van der Waals surface area contributed by atoms with E-state index >= 15 is 0 Å². The molecule has 0 spiro atoms. The van der Waals surface area contributed by atoms with E-state index < -0.39 is 5.97 Å². The number of nitrogens with zero attached hydrogens (tertiary/aromatic N) is 2. The highest BCUT2D eigenvalue weighted by molar-refractivity contribution is 7.18. The number of amides is 1. The summed E-state index contributed by atoms with van der Waals surface area (Å²) in [6.07, 6.45) is 8.41. The average Bonchev–Trinajstić information content (AvgIpc) is 3.11. The number of likely N-dealkylation sites (tertiary alicyclic amines) is 1. The van der Waals surface area contributed by atoms with Crippen molar-refractivity contribution in [3.63, 3.8) is 0 Å². The lowest BCUT2D eigenvalue weighted by atomic mass is 9.99. The molecule has 0 radical (unpaired) electrons. The van der Waals surface area contributed by atoms with Crippen LogP contribution in [0.4, 0.5) is 0 Å². The number of para-hydroxylation sites is 1. The van der Waals surface area contributed by atoms with Crippen LogP contribution < -0.4 is 0 Å². The first-order valence-electron chi connectivity index (χ1n) is 8.76. The average molecular weight is 370 g/mol. The maximum absolute atomic E-state index is 12.4. The quantitative estimate of drug-likeness (QED) is 0.458. The molecule has 2 heterocycles. The van der Waals surface area contributed by atoms with Crippen molar-refractivity contribution in [2.24, 2.45) is 0 Å². The molecule has 0 N–H and O–H groups in total. The minimum absolute atomic E-state index is 0.149. The Morgan fingerprint density at radius 3 is 3.00 bits per heavy atom. The van der Waals surface area contributed by atoms with Crippen molar-refractivity contribution < 1.29 is 14.3 Å². The van der Waals surface area contributed by atoms with Crippen LogP contribution in [0.3, 0.4) is 0 Å². The Balaban J connectivity index is 1.57. The predicted octanol–water partition coefficient (Wildman–Crippen LogP) is 3.68.